The van der Waals surface area contributed by atoms with Crippen molar-refractivity contribution in [2.75, 3.05) is 47.5 Å². The second-order valence-electron chi connectivity index (χ2n) is 16.7. The van der Waals surface area contributed by atoms with Crippen LogP contribution >= 0.6 is 7.82 Å². The maximum atomic E-state index is 12.7. The lowest BCUT2D eigenvalue weighted by molar-refractivity contribution is -0.870. The first kappa shape index (κ1) is 60.4. The molecule has 0 amide bonds. The third kappa shape index (κ3) is 47.9. The Labute approximate surface area is 390 Å². The molecule has 0 aromatic heterocycles. The van der Waals surface area contributed by atoms with E-state index in [4.69, 9.17) is 18.5 Å². The molecule has 0 radical (unpaired) electrons. The number of carbonyl (C=O) groups is 2. The van der Waals surface area contributed by atoms with Crippen LogP contribution in [0.3, 0.4) is 0 Å². The maximum Gasteiger partial charge on any atom is 0.306 e. The number of likely N-dealkylation sites (N-methyl/N-ethyl adjacent to an activating group) is 1. The van der Waals surface area contributed by atoms with Gasteiger partial charge in [0.1, 0.15) is 19.8 Å². The Morgan fingerprint density at radius 3 is 1.30 bits per heavy atom. The van der Waals surface area contributed by atoms with Gasteiger partial charge in [0.15, 0.2) is 6.10 Å². The number of esters is 2. The Hall–Kier alpha value is -3.59. The van der Waals surface area contributed by atoms with E-state index >= 15 is 0 Å². The van der Waals surface area contributed by atoms with Crippen molar-refractivity contribution in [3.05, 3.63) is 122 Å². The topological polar surface area (TPSA) is 111 Å². The van der Waals surface area contributed by atoms with Crippen LogP contribution in [0.15, 0.2) is 122 Å². The van der Waals surface area contributed by atoms with E-state index in [9.17, 15) is 19.0 Å². The Morgan fingerprint density at radius 1 is 0.484 bits per heavy atom. The van der Waals surface area contributed by atoms with Crippen LogP contribution in [0.2, 0.25) is 0 Å². The molecule has 0 aliphatic heterocycles. The van der Waals surface area contributed by atoms with Gasteiger partial charge in [-0.2, -0.15) is 0 Å². The fraction of sp³-hybridized carbons (Fsp3) is 0.593. The molecule has 64 heavy (non-hydrogen) atoms. The molecule has 0 fully saturated rings. The lowest BCUT2D eigenvalue weighted by Gasteiger charge is -2.28. The number of ether oxygens (including phenoxy) is 2. The van der Waals surface area contributed by atoms with Gasteiger partial charge in [-0.1, -0.05) is 167 Å². The van der Waals surface area contributed by atoms with Gasteiger partial charge in [0.2, 0.25) is 0 Å². The number of unbranched alkanes of at least 4 members (excludes halogenated alkanes) is 8. The predicted octanol–water partition coefficient (Wildman–Crippen LogP) is 13.8. The van der Waals surface area contributed by atoms with Crippen molar-refractivity contribution in [2.45, 2.75) is 161 Å². The summed E-state index contributed by atoms with van der Waals surface area (Å²) in [5.41, 5.74) is 0. The summed E-state index contributed by atoms with van der Waals surface area (Å²) < 4.78 is 33.9. The Bertz CT molecular complexity index is 1490. The van der Waals surface area contributed by atoms with Gasteiger partial charge >= 0.3 is 11.9 Å². The quantitative estimate of drug-likeness (QED) is 0.0196. The van der Waals surface area contributed by atoms with Crippen molar-refractivity contribution in [3.63, 3.8) is 0 Å². The highest BCUT2D eigenvalue weighted by atomic mass is 31.2. The minimum Gasteiger partial charge on any atom is -0.756 e. The summed E-state index contributed by atoms with van der Waals surface area (Å²) in [7, 11) is 1.10. The Kier molecular flexibility index (Phi) is 42.1. The van der Waals surface area contributed by atoms with Gasteiger partial charge in [0.05, 0.1) is 27.7 Å². The fourth-order valence-corrected chi connectivity index (χ4v) is 6.50. The molecular weight excluding hydrogens is 822 g/mol. The average Bonchev–Trinajstić information content (AvgIpc) is 3.25. The zero-order valence-corrected chi connectivity index (χ0v) is 41.6. The van der Waals surface area contributed by atoms with Crippen LogP contribution < -0.4 is 4.89 Å². The van der Waals surface area contributed by atoms with Crippen LogP contribution in [0, 0.1) is 0 Å². The van der Waals surface area contributed by atoms with Crippen molar-refractivity contribution in [2.24, 2.45) is 0 Å². The molecule has 2 unspecified atom stereocenters. The molecular formula is C54H88NO8P. The summed E-state index contributed by atoms with van der Waals surface area (Å²) in [6.07, 6.45) is 62.3. The van der Waals surface area contributed by atoms with Crippen molar-refractivity contribution < 1.29 is 42.1 Å². The molecule has 2 atom stereocenters. The summed E-state index contributed by atoms with van der Waals surface area (Å²) in [4.78, 5) is 37.7. The molecule has 0 aromatic carbocycles. The number of hydrogen-bond donors (Lipinski definition) is 0. The zero-order valence-electron chi connectivity index (χ0n) is 40.7. The predicted molar refractivity (Wildman–Crippen MR) is 268 cm³/mol. The minimum absolute atomic E-state index is 0.0497. The van der Waals surface area contributed by atoms with Gasteiger partial charge in [-0.25, -0.2) is 0 Å². The van der Waals surface area contributed by atoms with E-state index in [0.29, 0.717) is 23.9 Å². The molecule has 0 saturated heterocycles. The number of phosphoric ester groups is 1. The average molecular weight is 910 g/mol. The van der Waals surface area contributed by atoms with E-state index in [-0.39, 0.29) is 26.1 Å². The largest absolute Gasteiger partial charge is 0.756 e. The van der Waals surface area contributed by atoms with Gasteiger partial charge in [-0.05, 0) is 96.3 Å². The van der Waals surface area contributed by atoms with E-state index < -0.39 is 32.5 Å². The lowest BCUT2D eigenvalue weighted by Crippen LogP contribution is -2.37. The summed E-state index contributed by atoms with van der Waals surface area (Å²) in [5, 5.41) is 0. The second-order valence-corrected chi connectivity index (χ2v) is 18.1. The number of carbonyl (C=O) groups excluding carboxylic acids is 2. The smallest absolute Gasteiger partial charge is 0.306 e. The first-order chi connectivity index (χ1) is 31.0. The Morgan fingerprint density at radius 2 is 0.859 bits per heavy atom. The second kappa shape index (κ2) is 44.6. The molecule has 0 bridgehead atoms. The molecule has 0 aliphatic rings. The summed E-state index contributed by atoms with van der Waals surface area (Å²) in [6.45, 7) is 3.89. The van der Waals surface area contributed by atoms with Crippen molar-refractivity contribution in [1.82, 2.24) is 0 Å². The van der Waals surface area contributed by atoms with E-state index in [1.165, 1.54) is 12.8 Å². The van der Waals surface area contributed by atoms with Crippen LogP contribution in [0.1, 0.15) is 155 Å². The van der Waals surface area contributed by atoms with Gasteiger partial charge < -0.3 is 27.9 Å². The molecule has 0 heterocycles. The molecule has 362 valence electrons. The van der Waals surface area contributed by atoms with E-state index in [2.05, 4.69) is 129 Å². The molecule has 0 aromatic rings. The van der Waals surface area contributed by atoms with Crippen molar-refractivity contribution in [3.8, 4) is 0 Å². The van der Waals surface area contributed by atoms with Crippen molar-refractivity contribution >= 4 is 19.8 Å². The molecule has 0 saturated carbocycles. The SMILES string of the molecule is CC/C=C\C/C=C\C/C=C\C/C=C\C/C=C\CCCCCCCCCC(=O)OC(COC(=O)CCC/C=C\C/C=C\C/C=C\C/C=C\C/C=C\CC)COP(=O)([O-])OCC[N+](C)(C)C. The van der Waals surface area contributed by atoms with Crippen LogP contribution in [0.4, 0.5) is 0 Å². The Balaban J connectivity index is 4.42. The van der Waals surface area contributed by atoms with Crippen LogP contribution in [0.5, 0.6) is 0 Å². The fourth-order valence-electron chi connectivity index (χ4n) is 5.77. The zero-order chi connectivity index (χ0) is 47.1. The monoisotopic (exact) mass is 910 g/mol. The number of allylic oxidation sites excluding steroid dienone is 20. The van der Waals surface area contributed by atoms with Gasteiger partial charge in [0.25, 0.3) is 7.82 Å². The van der Waals surface area contributed by atoms with Crippen LogP contribution in [0.25, 0.3) is 0 Å². The highest BCUT2D eigenvalue weighted by Gasteiger charge is 2.21. The third-order valence-electron chi connectivity index (χ3n) is 9.48. The first-order valence-electron chi connectivity index (χ1n) is 24.2. The van der Waals surface area contributed by atoms with Crippen molar-refractivity contribution in [1.29, 1.82) is 0 Å². The standard InChI is InChI=1S/C54H88NO8P/c1-6-8-10-12-14-16-18-20-22-24-25-26-27-28-29-31-33-35-37-39-41-43-45-47-54(57)63-52(51-62-64(58,59)61-49-48-55(3,4)5)50-60-53(56)46-44-42-40-38-36-34-32-30-23-21-19-17-15-13-11-9-7-2/h8-11,14-17,20-23,25-26,28-29,32,34,38,40,52H,6-7,12-13,18-19,24,27,30-31,33,35-37,39,41-51H2,1-5H3/b10-8-,11-9-,16-14-,17-15-,22-20-,23-21-,26-25-,29-28-,34-32-,40-38-. The van der Waals surface area contributed by atoms with Gasteiger partial charge in [-0.3, -0.25) is 14.2 Å². The lowest BCUT2D eigenvalue weighted by atomic mass is 10.1. The molecule has 0 spiro atoms. The van der Waals surface area contributed by atoms with Gasteiger partial charge in [0, 0.05) is 12.8 Å². The number of rotatable bonds is 42. The third-order valence-corrected chi connectivity index (χ3v) is 10.4. The summed E-state index contributed by atoms with van der Waals surface area (Å²) >= 11 is 0. The molecule has 10 heteroatoms. The highest BCUT2D eigenvalue weighted by molar-refractivity contribution is 7.45. The maximum absolute atomic E-state index is 12.7. The number of phosphoric acid groups is 1. The normalized spacial score (nSPS) is 14.5. The van der Waals surface area contributed by atoms with E-state index in [0.717, 1.165) is 103 Å². The first-order valence-corrected chi connectivity index (χ1v) is 25.7. The number of quaternary nitrogens is 1. The number of nitrogens with zero attached hydrogens (tertiary/aromatic N) is 1. The molecule has 0 aliphatic carbocycles. The minimum atomic E-state index is -4.66. The van der Waals surface area contributed by atoms with E-state index in [1.807, 2.05) is 27.2 Å². The molecule has 0 N–H and O–H groups in total. The van der Waals surface area contributed by atoms with Crippen LogP contribution in [-0.2, 0) is 32.7 Å². The number of hydrogen-bond acceptors (Lipinski definition) is 8. The molecule has 0 rings (SSSR count). The van der Waals surface area contributed by atoms with Crippen LogP contribution in [-0.4, -0.2) is 70.0 Å². The summed E-state index contributed by atoms with van der Waals surface area (Å²) in [6, 6.07) is 0. The summed E-state index contributed by atoms with van der Waals surface area (Å²) in [5.74, 6) is -0.928. The van der Waals surface area contributed by atoms with Gasteiger partial charge in [-0.15, -0.1) is 0 Å². The molecule has 9 nitrogen and oxygen atoms in total. The highest BCUT2D eigenvalue weighted by Crippen LogP contribution is 2.38. The van der Waals surface area contributed by atoms with E-state index in [1.54, 1.807) is 0 Å².